The summed E-state index contributed by atoms with van der Waals surface area (Å²) in [5, 5.41) is 3.00. The molecule has 2 heterocycles. The molecule has 3 aromatic rings. The van der Waals surface area contributed by atoms with Gasteiger partial charge in [-0.3, -0.25) is 9.59 Å². The summed E-state index contributed by atoms with van der Waals surface area (Å²) in [6.45, 7) is 3.19. The molecule has 1 aromatic heterocycles. The van der Waals surface area contributed by atoms with Gasteiger partial charge in [0.25, 0.3) is 5.91 Å². The van der Waals surface area contributed by atoms with E-state index in [0.717, 1.165) is 16.6 Å². The van der Waals surface area contributed by atoms with Crippen molar-refractivity contribution in [1.29, 1.82) is 0 Å². The van der Waals surface area contributed by atoms with E-state index in [0.29, 0.717) is 32.1 Å². The summed E-state index contributed by atoms with van der Waals surface area (Å²) in [5.41, 5.74) is 1.55. The molecule has 0 bridgehead atoms. The SMILES string of the molecule is COCCN1C(=O)c2nc3ccccc3n2C[C@]1(C)C(=O)NCc1ccccc1. The number of benzene rings is 2. The van der Waals surface area contributed by atoms with E-state index < -0.39 is 5.54 Å². The van der Waals surface area contributed by atoms with Crippen molar-refractivity contribution in [3.05, 3.63) is 66.0 Å². The second-order valence-electron chi connectivity index (χ2n) is 7.40. The van der Waals surface area contributed by atoms with E-state index in [9.17, 15) is 9.59 Å². The standard InChI is InChI=1S/C22H24N4O3/c1-22(21(28)23-14-16-8-4-3-5-9-16)15-25-18-11-7-6-10-17(18)24-19(25)20(27)26(22)12-13-29-2/h3-11H,12-15H2,1-2H3,(H,23,28)/t22-/m1/s1. The molecule has 0 spiro atoms. The molecule has 7 nitrogen and oxygen atoms in total. The lowest BCUT2D eigenvalue weighted by atomic mass is 9.95. The molecule has 0 saturated carbocycles. The van der Waals surface area contributed by atoms with Crippen molar-refractivity contribution >= 4 is 22.8 Å². The maximum Gasteiger partial charge on any atom is 0.290 e. The number of amides is 2. The number of hydrogen-bond donors (Lipinski definition) is 1. The zero-order valence-electron chi connectivity index (χ0n) is 16.6. The van der Waals surface area contributed by atoms with Crippen LogP contribution in [0, 0.1) is 0 Å². The highest BCUT2D eigenvalue weighted by atomic mass is 16.5. The first-order chi connectivity index (χ1) is 14.0. The molecule has 4 rings (SSSR count). The predicted molar refractivity (Wildman–Crippen MR) is 109 cm³/mol. The third-order valence-corrected chi connectivity index (χ3v) is 5.46. The third-order valence-electron chi connectivity index (χ3n) is 5.46. The van der Waals surface area contributed by atoms with Crippen molar-refractivity contribution in [2.45, 2.75) is 25.6 Å². The monoisotopic (exact) mass is 392 g/mol. The van der Waals surface area contributed by atoms with E-state index in [-0.39, 0.29) is 11.8 Å². The fourth-order valence-electron chi connectivity index (χ4n) is 3.83. The molecule has 0 saturated heterocycles. The summed E-state index contributed by atoms with van der Waals surface area (Å²) >= 11 is 0. The predicted octanol–water partition coefficient (Wildman–Crippen LogP) is 2.21. The molecule has 0 aliphatic carbocycles. The van der Waals surface area contributed by atoms with Gasteiger partial charge in [0.2, 0.25) is 5.91 Å². The summed E-state index contributed by atoms with van der Waals surface area (Å²) in [7, 11) is 1.58. The Morgan fingerprint density at radius 1 is 1.17 bits per heavy atom. The van der Waals surface area contributed by atoms with Gasteiger partial charge in [-0.05, 0) is 24.6 Å². The smallest absolute Gasteiger partial charge is 0.290 e. The summed E-state index contributed by atoms with van der Waals surface area (Å²) in [6, 6.07) is 17.3. The highest BCUT2D eigenvalue weighted by Gasteiger charge is 2.48. The number of carbonyl (C=O) groups excluding carboxylic acids is 2. The number of carbonyl (C=O) groups is 2. The Balaban J connectivity index is 1.68. The van der Waals surface area contributed by atoms with Crippen molar-refractivity contribution in [3.63, 3.8) is 0 Å². The van der Waals surface area contributed by atoms with Gasteiger partial charge in [0.05, 0.1) is 24.2 Å². The van der Waals surface area contributed by atoms with Crippen molar-refractivity contribution in [2.24, 2.45) is 0 Å². The normalized spacial score (nSPS) is 18.7. The van der Waals surface area contributed by atoms with Crippen LogP contribution in [-0.2, 0) is 22.6 Å². The van der Waals surface area contributed by atoms with Crippen LogP contribution < -0.4 is 5.32 Å². The molecular weight excluding hydrogens is 368 g/mol. The first-order valence-electron chi connectivity index (χ1n) is 9.63. The van der Waals surface area contributed by atoms with Gasteiger partial charge in [0.1, 0.15) is 5.54 Å². The maximum atomic E-state index is 13.3. The van der Waals surface area contributed by atoms with Gasteiger partial charge >= 0.3 is 0 Å². The number of para-hydroxylation sites is 2. The molecule has 7 heteroatoms. The molecule has 150 valence electrons. The fraction of sp³-hybridized carbons (Fsp3) is 0.318. The largest absolute Gasteiger partial charge is 0.383 e. The summed E-state index contributed by atoms with van der Waals surface area (Å²) < 4.78 is 7.04. The van der Waals surface area contributed by atoms with E-state index in [1.807, 2.05) is 59.2 Å². The van der Waals surface area contributed by atoms with Gasteiger partial charge < -0.3 is 19.5 Å². The average Bonchev–Trinajstić information content (AvgIpc) is 3.11. The number of aromatic nitrogens is 2. The number of ether oxygens (including phenoxy) is 1. The van der Waals surface area contributed by atoms with Crippen molar-refractivity contribution in [1.82, 2.24) is 19.8 Å². The lowest BCUT2D eigenvalue weighted by Gasteiger charge is -2.43. The number of imidazole rings is 1. The Hall–Kier alpha value is -3.19. The second-order valence-corrected chi connectivity index (χ2v) is 7.40. The lowest BCUT2D eigenvalue weighted by Crippen LogP contribution is -2.64. The van der Waals surface area contributed by atoms with Crippen LogP contribution in [0.15, 0.2) is 54.6 Å². The Bertz CT molecular complexity index is 1050. The molecule has 29 heavy (non-hydrogen) atoms. The Kier molecular flexibility index (Phi) is 5.07. The summed E-state index contributed by atoms with van der Waals surface area (Å²) in [4.78, 5) is 32.7. The quantitative estimate of drug-likeness (QED) is 0.698. The van der Waals surface area contributed by atoms with Gasteiger partial charge in [-0.2, -0.15) is 0 Å². The van der Waals surface area contributed by atoms with Crippen molar-refractivity contribution in [2.75, 3.05) is 20.3 Å². The van der Waals surface area contributed by atoms with Crippen LogP contribution in [0.3, 0.4) is 0 Å². The van der Waals surface area contributed by atoms with Crippen LogP contribution in [0.25, 0.3) is 11.0 Å². The van der Waals surface area contributed by atoms with E-state index in [2.05, 4.69) is 10.3 Å². The molecule has 1 aliphatic rings. The van der Waals surface area contributed by atoms with Crippen molar-refractivity contribution in [3.8, 4) is 0 Å². The highest BCUT2D eigenvalue weighted by molar-refractivity contribution is 6.01. The minimum Gasteiger partial charge on any atom is -0.383 e. The van der Waals surface area contributed by atoms with E-state index in [4.69, 9.17) is 4.74 Å². The first-order valence-corrected chi connectivity index (χ1v) is 9.63. The molecule has 0 radical (unpaired) electrons. The van der Waals surface area contributed by atoms with Crippen LogP contribution in [0.1, 0.15) is 23.1 Å². The van der Waals surface area contributed by atoms with Gasteiger partial charge in [-0.25, -0.2) is 4.98 Å². The Morgan fingerprint density at radius 2 is 1.90 bits per heavy atom. The number of methoxy groups -OCH3 is 1. The molecule has 0 unspecified atom stereocenters. The number of hydrogen-bond acceptors (Lipinski definition) is 4. The minimum atomic E-state index is -1.05. The Morgan fingerprint density at radius 3 is 2.66 bits per heavy atom. The van der Waals surface area contributed by atoms with E-state index in [1.54, 1.807) is 18.9 Å². The number of nitrogens with zero attached hydrogens (tertiary/aromatic N) is 3. The molecular formula is C22H24N4O3. The zero-order valence-corrected chi connectivity index (χ0v) is 16.6. The fourth-order valence-corrected chi connectivity index (χ4v) is 3.83. The molecule has 1 N–H and O–H groups in total. The van der Waals surface area contributed by atoms with E-state index in [1.165, 1.54) is 0 Å². The molecule has 2 aromatic carbocycles. The van der Waals surface area contributed by atoms with Gasteiger partial charge in [-0.1, -0.05) is 42.5 Å². The van der Waals surface area contributed by atoms with Crippen LogP contribution in [-0.4, -0.2) is 52.1 Å². The van der Waals surface area contributed by atoms with Crippen LogP contribution in [0.4, 0.5) is 0 Å². The molecule has 1 atom stereocenters. The van der Waals surface area contributed by atoms with Crippen molar-refractivity contribution < 1.29 is 14.3 Å². The zero-order chi connectivity index (χ0) is 20.4. The second kappa shape index (κ2) is 7.67. The Labute approximate surface area is 169 Å². The van der Waals surface area contributed by atoms with Crippen LogP contribution >= 0.6 is 0 Å². The lowest BCUT2D eigenvalue weighted by molar-refractivity contribution is -0.133. The highest BCUT2D eigenvalue weighted by Crippen LogP contribution is 2.30. The van der Waals surface area contributed by atoms with E-state index >= 15 is 0 Å². The number of rotatable bonds is 6. The minimum absolute atomic E-state index is 0.200. The topological polar surface area (TPSA) is 76.5 Å². The number of fused-ring (bicyclic) bond motifs is 3. The summed E-state index contributed by atoms with van der Waals surface area (Å²) in [5.74, 6) is -0.105. The average molecular weight is 392 g/mol. The molecule has 2 amide bonds. The van der Waals surface area contributed by atoms with Gasteiger partial charge in [-0.15, -0.1) is 0 Å². The van der Waals surface area contributed by atoms with Gasteiger partial charge in [0, 0.05) is 20.2 Å². The maximum absolute atomic E-state index is 13.3. The molecule has 1 aliphatic heterocycles. The number of nitrogens with one attached hydrogen (secondary N) is 1. The van der Waals surface area contributed by atoms with Crippen LogP contribution in [0.2, 0.25) is 0 Å². The van der Waals surface area contributed by atoms with Gasteiger partial charge in [0.15, 0.2) is 5.82 Å². The first kappa shape index (κ1) is 19.1. The summed E-state index contributed by atoms with van der Waals surface area (Å²) in [6.07, 6.45) is 0. The third kappa shape index (κ3) is 3.38. The molecule has 0 fully saturated rings. The van der Waals surface area contributed by atoms with Crippen LogP contribution in [0.5, 0.6) is 0 Å².